The molecule has 0 fully saturated rings. The maximum absolute atomic E-state index is 13.1. The van der Waals surface area contributed by atoms with E-state index in [-0.39, 0.29) is 19.6 Å². The van der Waals surface area contributed by atoms with Crippen LogP contribution in [0.25, 0.3) is 0 Å². The van der Waals surface area contributed by atoms with Crippen molar-refractivity contribution < 1.29 is 19.1 Å². The minimum absolute atomic E-state index is 0.144. The first-order valence-corrected chi connectivity index (χ1v) is 14.3. The Morgan fingerprint density at radius 2 is 1.34 bits per heavy atom. The van der Waals surface area contributed by atoms with Gasteiger partial charge in [-0.2, -0.15) is 0 Å². The van der Waals surface area contributed by atoms with E-state index in [9.17, 15) is 9.59 Å². The highest BCUT2D eigenvalue weighted by Gasteiger charge is 2.49. The highest BCUT2D eigenvalue weighted by atomic mass is 28.3. The molecule has 32 heavy (non-hydrogen) atoms. The molecule has 1 rings (SSSR count). The lowest BCUT2D eigenvalue weighted by Gasteiger charge is -2.42. The molecule has 0 spiro atoms. The number of benzene rings is 1. The number of rotatable bonds is 12. The minimum atomic E-state index is -1.58. The molecule has 0 bridgehead atoms. The lowest BCUT2D eigenvalue weighted by Crippen LogP contribution is -2.46. The third-order valence-corrected chi connectivity index (χ3v) is 14.2. The van der Waals surface area contributed by atoms with Gasteiger partial charge in [-0.05, 0) is 37.6 Å². The van der Waals surface area contributed by atoms with Gasteiger partial charge in [-0.1, -0.05) is 88.5 Å². The Morgan fingerprint density at radius 3 is 1.75 bits per heavy atom. The Bertz CT molecular complexity index is 749. The molecule has 1 aromatic carbocycles. The summed E-state index contributed by atoms with van der Waals surface area (Å²) >= 11 is 0. The van der Waals surface area contributed by atoms with Crippen LogP contribution in [-0.2, 0) is 24.5 Å². The van der Waals surface area contributed by atoms with Crippen LogP contribution in [0.3, 0.4) is 0 Å². The summed E-state index contributed by atoms with van der Waals surface area (Å²) in [6.45, 7) is 17.9. The Hall–Kier alpha value is -2.10. The maximum atomic E-state index is 13.1. The molecule has 0 aliphatic rings. The highest BCUT2D eigenvalue weighted by Crippen LogP contribution is 2.44. The Kier molecular flexibility index (Phi) is 11.2. The van der Waals surface area contributed by atoms with E-state index >= 15 is 0 Å². The number of ether oxygens (including phenoxy) is 2. The average molecular weight is 459 g/mol. The number of allylic oxidation sites excluding steroid dienone is 1. The van der Waals surface area contributed by atoms with Gasteiger partial charge in [-0.25, -0.2) is 0 Å². The Labute approximate surface area is 196 Å². The second-order valence-electron chi connectivity index (χ2n) is 9.27. The molecule has 1 aromatic rings. The molecular formula is C27H42O4Si. The standard InChI is InChI=1S/C27H42O4Si/c1-9-30-25(28)27(26(29)31-10-2,24-17-13-11-14-18-24)19-15-12-16-20-32(21(3)4,22(5)6)23(7)8/h11,13-18,21-23H,9-10,19-20H2,1-8H3. The number of hydrogen-bond acceptors (Lipinski definition) is 4. The van der Waals surface area contributed by atoms with Crippen LogP contribution in [0.1, 0.15) is 67.4 Å². The molecule has 0 radical (unpaired) electrons. The van der Waals surface area contributed by atoms with Gasteiger partial charge in [-0.15, -0.1) is 5.73 Å². The van der Waals surface area contributed by atoms with Gasteiger partial charge in [0.25, 0.3) is 0 Å². The molecular weight excluding hydrogens is 416 g/mol. The first-order chi connectivity index (χ1) is 15.1. The van der Waals surface area contributed by atoms with E-state index in [1.165, 1.54) is 0 Å². The van der Waals surface area contributed by atoms with E-state index in [2.05, 4.69) is 53.3 Å². The monoisotopic (exact) mass is 458 g/mol. The number of carbonyl (C=O) groups excluding carboxylic acids is 2. The van der Waals surface area contributed by atoms with E-state index in [1.54, 1.807) is 32.1 Å². The predicted octanol–water partition coefficient (Wildman–Crippen LogP) is 6.83. The number of carbonyl (C=O) groups is 2. The van der Waals surface area contributed by atoms with Gasteiger partial charge in [0.2, 0.25) is 0 Å². The van der Waals surface area contributed by atoms with Crippen LogP contribution < -0.4 is 0 Å². The lowest BCUT2D eigenvalue weighted by molar-refractivity contribution is -0.164. The number of hydrogen-bond donors (Lipinski definition) is 0. The molecule has 0 N–H and O–H groups in total. The van der Waals surface area contributed by atoms with Crippen LogP contribution in [-0.4, -0.2) is 33.2 Å². The Balaban J connectivity index is 3.38. The van der Waals surface area contributed by atoms with E-state index in [0.29, 0.717) is 22.2 Å². The first-order valence-electron chi connectivity index (χ1n) is 11.9. The maximum Gasteiger partial charge on any atom is 0.328 e. The van der Waals surface area contributed by atoms with Gasteiger partial charge in [-0.3, -0.25) is 9.59 Å². The SMILES string of the molecule is CCOC(=O)C(CC=C=CC[Si](C(C)C)(C(C)C)C(C)C)(C(=O)OCC)c1ccccc1. The summed E-state index contributed by atoms with van der Waals surface area (Å²) in [5.41, 5.74) is 4.30. The summed E-state index contributed by atoms with van der Waals surface area (Å²) in [4.78, 5) is 26.2. The molecule has 0 unspecified atom stereocenters. The van der Waals surface area contributed by atoms with Gasteiger partial charge in [0, 0.05) is 6.42 Å². The van der Waals surface area contributed by atoms with Crippen molar-refractivity contribution in [2.75, 3.05) is 13.2 Å². The van der Waals surface area contributed by atoms with Crippen LogP contribution in [0, 0.1) is 0 Å². The largest absolute Gasteiger partial charge is 0.465 e. The summed E-state index contributed by atoms with van der Waals surface area (Å²) in [6.07, 6.45) is 4.05. The fraction of sp³-hybridized carbons (Fsp3) is 0.593. The van der Waals surface area contributed by atoms with Crippen molar-refractivity contribution in [3.63, 3.8) is 0 Å². The summed E-state index contributed by atoms with van der Waals surface area (Å²) in [5.74, 6) is -1.17. The van der Waals surface area contributed by atoms with Crippen LogP contribution in [0.5, 0.6) is 0 Å². The summed E-state index contributed by atoms with van der Waals surface area (Å²) < 4.78 is 10.7. The number of esters is 2. The van der Waals surface area contributed by atoms with E-state index in [0.717, 1.165) is 6.04 Å². The van der Waals surface area contributed by atoms with Crippen LogP contribution >= 0.6 is 0 Å². The van der Waals surface area contributed by atoms with Crippen molar-refractivity contribution in [3.05, 3.63) is 53.8 Å². The fourth-order valence-electron chi connectivity index (χ4n) is 5.07. The zero-order valence-electron chi connectivity index (χ0n) is 21.2. The fourth-order valence-corrected chi connectivity index (χ4v) is 11.0. The van der Waals surface area contributed by atoms with Crippen molar-refractivity contribution in [1.29, 1.82) is 0 Å². The van der Waals surface area contributed by atoms with E-state index in [4.69, 9.17) is 9.47 Å². The summed E-state index contributed by atoms with van der Waals surface area (Å²) in [7, 11) is -1.58. The van der Waals surface area contributed by atoms with Gasteiger partial charge < -0.3 is 9.47 Å². The second kappa shape index (κ2) is 12.8. The first kappa shape index (κ1) is 27.9. The smallest absolute Gasteiger partial charge is 0.328 e. The lowest BCUT2D eigenvalue weighted by atomic mass is 9.77. The van der Waals surface area contributed by atoms with Gasteiger partial charge in [0.1, 0.15) is 0 Å². The molecule has 0 saturated heterocycles. The molecule has 4 nitrogen and oxygen atoms in total. The summed E-state index contributed by atoms with van der Waals surface area (Å²) in [5, 5.41) is 0. The zero-order valence-corrected chi connectivity index (χ0v) is 22.2. The van der Waals surface area contributed by atoms with Crippen LogP contribution in [0.15, 0.2) is 48.2 Å². The highest BCUT2D eigenvalue weighted by molar-refractivity contribution is 6.83. The van der Waals surface area contributed by atoms with Crippen molar-refractivity contribution in [1.82, 2.24) is 0 Å². The molecule has 0 aliphatic carbocycles. The van der Waals surface area contributed by atoms with Gasteiger partial charge >= 0.3 is 11.9 Å². The van der Waals surface area contributed by atoms with E-state index < -0.39 is 25.4 Å². The molecule has 0 heterocycles. The second-order valence-corrected chi connectivity index (χ2v) is 15.4. The third-order valence-electron chi connectivity index (χ3n) is 6.84. The molecule has 0 amide bonds. The van der Waals surface area contributed by atoms with Crippen molar-refractivity contribution in [2.24, 2.45) is 0 Å². The molecule has 0 aromatic heterocycles. The zero-order chi connectivity index (χ0) is 24.4. The van der Waals surface area contributed by atoms with Gasteiger partial charge in [0.15, 0.2) is 5.41 Å². The quantitative estimate of drug-likeness (QED) is 0.149. The topological polar surface area (TPSA) is 52.6 Å². The van der Waals surface area contributed by atoms with Crippen LogP contribution in [0.2, 0.25) is 22.7 Å². The normalized spacial score (nSPS) is 12.0. The van der Waals surface area contributed by atoms with Crippen molar-refractivity contribution in [3.8, 4) is 0 Å². The molecule has 0 aliphatic heterocycles. The molecule has 0 saturated carbocycles. The van der Waals surface area contributed by atoms with Crippen molar-refractivity contribution in [2.45, 2.75) is 89.9 Å². The predicted molar refractivity (Wildman–Crippen MR) is 135 cm³/mol. The van der Waals surface area contributed by atoms with E-state index in [1.807, 2.05) is 18.2 Å². The van der Waals surface area contributed by atoms with Gasteiger partial charge in [0.05, 0.1) is 21.3 Å². The molecule has 178 valence electrons. The minimum Gasteiger partial charge on any atom is -0.465 e. The summed E-state index contributed by atoms with van der Waals surface area (Å²) in [6, 6.07) is 10.1. The Morgan fingerprint density at radius 1 is 0.875 bits per heavy atom. The molecule has 0 atom stereocenters. The average Bonchev–Trinajstić information content (AvgIpc) is 2.73. The van der Waals surface area contributed by atoms with Crippen LogP contribution in [0.4, 0.5) is 0 Å². The van der Waals surface area contributed by atoms with Crippen molar-refractivity contribution >= 4 is 20.0 Å². The third kappa shape index (κ3) is 6.02. The molecule has 5 heteroatoms.